The van der Waals surface area contributed by atoms with Crippen LogP contribution in [0.15, 0.2) is 47.4 Å². The van der Waals surface area contributed by atoms with Crippen molar-refractivity contribution in [1.29, 1.82) is 0 Å². The van der Waals surface area contributed by atoms with Crippen LogP contribution in [0.2, 0.25) is 5.02 Å². The molecule has 0 bridgehead atoms. The number of carbonyl (C=O) groups excluding carboxylic acids is 1. The van der Waals surface area contributed by atoms with Crippen LogP contribution in [-0.2, 0) is 10.0 Å². The number of hydrogen-bond donors (Lipinski definition) is 0. The normalized spacial score (nSPS) is 11.5. The van der Waals surface area contributed by atoms with Crippen molar-refractivity contribution in [3.63, 3.8) is 0 Å². The first kappa shape index (κ1) is 21.1. The Morgan fingerprint density at radius 3 is 2.33 bits per heavy atom. The molecule has 0 aliphatic carbocycles. The maximum atomic E-state index is 12.9. The van der Waals surface area contributed by atoms with Gasteiger partial charge in [0.25, 0.3) is 5.91 Å². The summed E-state index contributed by atoms with van der Waals surface area (Å²) in [5.41, 5.74) is 0.0869. The highest BCUT2D eigenvalue weighted by atomic mass is 35.5. The molecule has 6 nitrogen and oxygen atoms in total. The molecule has 0 radical (unpaired) electrons. The highest BCUT2D eigenvalue weighted by molar-refractivity contribution is 7.89. The van der Waals surface area contributed by atoms with Gasteiger partial charge in [-0.2, -0.15) is 0 Å². The summed E-state index contributed by atoms with van der Waals surface area (Å²) in [5.74, 6) is -0.315. The standard InChI is InChI=1S/C18H20ClFN2O4S/c1-21(2)27(24,25)15-8-9-17(19)16(12-15)18(23)22(3)10-11-26-14-6-4-13(20)5-7-14/h4-9,12H,10-11H2,1-3H3. The molecule has 0 fully saturated rings. The molecule has 0 spiro atoms. The summed E-state index contributed by atoms with van der Waals surface area (Å²) in [4.78, 5) is 14.0. The second-order valence-electron chi connectivity index (χ2n) is 5.96. The fourth-order valence-electron chi connectivity index (χ4n) is 2.18. The minimum Gasteiger partial charge on any atom is -0.492 e. The van der Waals surface area contributed by atoms with Gasteiger partial charge in [0.05, 0.1) is 22.0 Å². The van der Waals surface area contributed by atoms with Crippen molar-refractivity contribution < 1.29 is 22.3 Å². The molecule has 9 heteroatoms. The predicted molar refractivity (Wildman–Crippen MR) is 101 cm³/mol. The lowest BCUT2D eigenvalue weighted by atomic mass is 10.2. The number of rotatable bonds is 7. The van der Waals surface area contributed by atoms with Crippen LogP contribution in [0.1, 0.15) is 10.4 Å². The summed E-state index contributed by atoms with van der Waals surface area (Å²) >= 11 is 6.09. The van der Waals surface area contributed by atoms with Gasteiger partial charge in [0, 0.05) is 21.1 Å². The van der Waals surface area contributed by atoms with Gasteiger partial charge < -0.3 is 9.64 Å². The van der Waals surface area contributed by atoms with Gasteiger partial charge in [-0.05, 0) is 42.5 Å². The smallest absolute Gasteiger partial charge is 0.255 e. The lowest BCUT2D eigenvalue weighted by molar-refractivity contribution is 0.0773. The molecule has 27 heavy (non-hydrogen) atoms. The third-order valence-corrected chi connectivity index (χ3v) is 5.94. The average molecular weight is 415 g/mol. The van der Waals surface area contributed by atoms with E-state index in [2.05, 4.69) is 0 Å². The number of benzene rings is 2. The molecule has 0 unspecified atom stereocenters. The summed E-state index contributed by atoms with van der Waals surface area (Å²) in [6, 6.07) is 9.53. The number of hydrogen-bond acceptors (Lipinski definition) is 4. The lowest BCUT2D eigenvalue weighted by Gasteiger charge is -2.19. The zero-order valence-corrected chi connectivity index (χ0v) is 16.7. The topological polar surface area (TPSA) is 66.9 Å². The zero-order chi connectivity index (χ0) is 20.2. The molecule has 0 N–H and O–H groups in total. The van der Waals surface area contributed by atoms with E-state index in [1.807, 2.05) is 0 Å². The monoisotopic (exact) mass is 414 g/mol. The van der Waals surface area contributed by atoms with E-state index in [1.54, 1.807) is 7.05 Å². The van der Waals surface area contributed by atoms with E-state index >= 15 is 0 Å². The minimum atomic E-state index is -3.68. The largest absolute Gasteiger partial charge is 0.492 e. The third-order valence-electron chi connectivity index (χ3n) is 3.80. The highest BCUT2D eigenvalue weighted by Crippen LogP contribution is 2.23. The van der Waals surface area contributed by atoms with E-state index in [4.69, 9.17) is 16.3 Å². The number of likely N-dealkylation sites (N-methyl/N-ethyl adjacent to an activating group) is 1. The van der Waals surface area contributed by atoms with Crippen molar-refractivity contribution in [1.82, 2.24) is 9.21 Å². The third kappa shape index (κ3) is 5.18. The lowest BCUT2D eigenvalue weighted by Crippen LogP contribution is -2.31. The second kappa shape index (κ2) is 8.69. The van der Waals surface area contributed by atoms with Crippen LogP contribution >= 0.6 is 11.6 Å². The van der Waals surface area contributed by atoms with Crippen molar-refractivity contribution in [2.75, 3.05) is 34.3 Å². The molecule has 2 rings (SSSR count). The molecule has 2 aromatic rings. The van der Waals surface area contributed by atoms with Gasteiger partial charge in [0.2, 0.25) is 10.0 Å². The molecule has 2 aromatic carbocycles. The van der Waals surface area contributed by atoms with Crippen LogP contribution in [0.25, 0.3) is 0 Å². The SMILES string of the molecule is CN(CCOc1ccc(F)cc1)C(=O)c1cc(S(=O)(=O)N(C)C)ccc1Cl. The maximum absolute atomic E-state index is 12.9. The summed E-state index contributed by atoms with van der Waals surface area (Å²) in [7, 11) is 0.686. The van der Waals surface area contributed by atoms with Crippen LogP contribution in [0.4, 0.5) is 4.39 Å². The van der Waals surface area contributed by atoms with Gasteiger partial charge in [-0.25, -0.2) is 17.1 Å². The number of carbonyl (C=O) groups is 1. The van der Waals surface area contributed by atoms with E-state index in [9.17, 15) is 17.6 Å². The highest BCUT2D eigenvalue weighted by Gasteiger charge is 2.22. The van der Waals surface area contributed by atoms with Gasteiger partial charge in [-0.15, -0.1) is 0 Å². The van der Waals surface area contributed by atoms with Crippen LogP contribution < -0.4 is 4.74 Å². The maximum Gasteiger partial charge on any atom is 0.255 e. The quantitative estimate of drug-likeness (QED) is 0.698. The summed E-state index contributed by atoms with van der Waals surface area (Å²) < 4.78 is 43.9. The molecular formula is C18H20ClFN2O4S. The molecule has 1 amide bonds. The minimum absolute atomic E-state index is 0.0174. The van der Waals surface area contributed by atoms with Gasteiger partial charge in [0.15, 0.2) is 0 Å². The Labute approximate surface area is 163 Å². The zero-order valence-electron chi connectivity index (χ0n) is 15.1. The second-order valence-corrected chi connectivity index (χ2v) is 8.52. The van der Waals surface area contributed by atoms with E-state index in [0.29, 0.717) is 5.75 Å². The first-order valence-electron chi connectivity index (χ1n) is 7.99. The van der Waals surface area contributed by atoms with Crippen LogP contribution in [-0.4, -0.2) is 57.8 Å². The van der Waals surface area contributed by atoms with Gasteiger partial charge in [-0.3, -0.25) is 4.79 Å². The Kier molecular flexibility index (Phi) is 6.80. The molecule has 0 saturated heterocycles. The number of halogens is 2. The summed E-state index contributed by atoms with van der Waals surface area (Å²) in [5, 5.41) is 0.156. The van der Waals surface area contributed by atoms with E-state index in [1.165, 1.54) is 61.5 Å². The van der Waals surface area contributed by atoms with E-state index < -0.39 is 15.9 Å². The van der Waals surface area contributed by atoms with Gasteiger partial charge in [-0.1, -0.05) is 11.6 Å². The van der Waals surface area contributed by atoms with Crippen molar-refractivity contribution in [2.45, 2.75) is 4.90 Å². The number of amides is 1. The Morgan fingerprint density at radius 1 is 1.11 bits per heavy atom. The molecule has 0 aliphatic heterocycles. The summed E-state index contributed by atoms with van der Waals surface area (Å²) in [6.45, 7) is 0.415. The van der Waals surface area contributed by atoms with E-state index in [0.717, 1.165) is 4.31 Å². The predicted octanol–water partition coefficient (Wildman–Crippen LogP) is 2.88. The number of nitrogens with zero attached hydrogens (tertiary/aromatic N) is 2. The molecule has 0 aliphatic rings. The van der Waals surface area contributed by atoms with E-state index in [-0.39, 0.29) is 34.5 Å². The fourth-order valence-corrected chi connectivity index (χ4v) is 3.30. The van der Waals surface area contributed by atoms with Crippen molar-refractivity contribution in [2.24, 2.45) is 0 Å². The first-order valence-corrected chi connectivity index (χ1v) is 9.80. The molecule has 0 heterocycles. The van der Waals surface area contributed by atoms with Crippen LogP contribution in [0, 0.1) is 5.82 Å². The Hall–Kier alpha value is -2.16. The Balaban J connectivity index is 2.08. The molecule has 146 valence electrons. The van der Waals surface area contributed by atoms with Crippen LogP contribution in [0.3, 0.4) is 0 Å². The molecular weight excluding hydrogens is 395 g/mol. The number of sulfonamides is 1. The molecule has 0 saturated carbocycles. The average Bonchev–Trinajstić information content (AvgIpc) is 2.62. The summed E-state index contributed by atoms with van der Waals surface area (Å²) in [6.07, 6.45) is 0. The van der Waals surface area contributed by atoms with Gasteiger partial charge in [0.1, 0.15) is 18.2 Å². The van der Waals surface area contributed by atoms with Crippen molar-refractivity contribution in [3.05, 3.63) is 58.9 Å². The van der Waals surface area contributed by atoms with Gasteiger partial charge >= 0.3 is 0 Å². The fraction of sp³-hybridized carbons (Fsp3) is 0.278. The molecule has 0 aromatic heterocycles. The Morgan fingerprint density at radius 2 is 1.74 bits per heavy atom. The van der Waals surface area contributed by atoms with Crippen molar-refractivity contribution >= 4 is 27.5 Å². The molecule has 0 atom stereocenters. The van der Waals surface area contributed by atoms with Crippen molar-refractivity contribution in [3.8, 4) is 5.75 Å². The van der Waals surface area contributed by atoms with Crippen LogP contribution in [0.5, 0.6) is 5.75 Å². The Bertz CT molecular complexity index is 917. The first-order chi connectivity index (χ1) is 12.6. The number of ether oxygens (including phenoxy) is 1.